The maximum atomic E-state index is 4.73. The van der Waals surface area contributed by atoms with Gasteiger partial charge in [-0.05, 0) is 51.7 Å². The Morgan fingerprint density at radius 2 is 2.11 bits per heavy atom. The van der Waals surface area contributed by atoms with E-state index in [0.717, 1.165) is 30.6 Å². The Labute approximate surface area is 111 Å². The summed E-state index contributed by atoms with van der Waals surface area (Å²) >= 11 is 0. The smallest absolute Gasteiger partial charge is 0.130 e. The molecule has 18 heavy (non-hydrogen) atoms. The van der Waals surface area contributed by atoms with E-state index in [9.17, 15) is 0 Å². The largest absolute Gasteiger partial charge is 0.365 e. The highest BCUT2D eigenvalue weighted by atomic mass is 15.2. The van der Waals surface area contributed by atoms with Gasteiger partial charge in [0.05, 0.1) is 0 Å². The highest BCUT2D eigenvalue weighted by Gasteiger charge is 2.18. The van der Waals surface area contributed by atoms with Gasteiger partial charge in [-0.3, -0.25) is 0 Å². The van der Waals surface area contributed by atoms with Gasteiger partial charge < -0.3 is 10.2 Å². The second-order valence-corrected chi connectivity index (χ2v) is 6.45. The monoisotopic (exact) mass is 247 g/mol. The topological polar surface area (TPSA) is 28.2 Å². The molecule has 0 amide bonds. The SMILES string of the molecule is CC1CCCN(c2cccc(NC(C)(C)C)n2)C1. The van der Waals surface area contributed by atoms with Crippen LogP contribution < -0.4 is 10.2 Å². The van der Waals surface area contributed by atoms with Crippen LogP contribution in [0.25, 0.3) is 0 Å². The highest BCUT2D eigenvalue weighted by molar-refractivity contribution is 5.48. The Hall–Kier alpha value is -1.25. The summed E-state index contributed by atoms with van der Waals surface area (Å²) in [7, 11) is 0. The lowest BCUT2D eigenvalue weighted by molar-refractivity contribution is 0.444. The molecule has 1 atom stereocenters. The third kappa shape index (κ3) is 3.62. The molecule has 0 spiro atoms. The zero-order valence-electron chi connectivity index (χ0n) is 12.0. The van der Waals surface area contributed by atoms with Crippen molar-refractivity contribution in [2.24, 2.45) is 5.92 Å². The van der Waals surface area contributed by atoms with Gasteiger partial charge in [0, 0.05) is 18.6 Å². The highest BCUT2D eigenvalue weighted by Crippen LogP contribution is 2.23. The minimum absolute atomic E-state index is 0.0564. The molecule has 1 fully saturated rings. The summed E-state index contributed by atoms with van der Waals surface area (Å²) in [5, 5.41) is 3.43. The van der Waals surface area contributed by atoms with Crippen molar-refractivity contribution in [1.29, 1.82) is 0 Å². The summed E-state index contributed by atoms with van der Waals surface area (Å²) in [4.78, 5) is 7.14. The summed E-state index contributed by atoms with van der Waals surface area (Å²) in [6.45, 7) is 11.1. The van der Waals surface area contributed by atoms with Crippen LogP contribution in [-0.4, -0.2) is 23.6 Å². The first kappa shape index (κ1) is 13.2. The number of piperidine rings is 1. The maximum absolute atomic E-state index is 4.73. The first-order valence-corrected chi connectivity index (χ1v) is 6.94. The average molecular weight is 247 g/mol. The van der Waals surface area contributed by atoms with Gasteiger partial charge in [0.25, 0.3) is 0 Å². The molecule has 0 aliphatic carbocycles. The number of hydrogen-bond acceptors (Lipinski definition) is 3. The minimum atomic E-state index is 0.0564. The van der Waals surface area contributed by atoms with E-state index in [2.05, 4.69) is 50.0 Å². The first-order valence-electron chi connectivity index (χ1n) is 6.94. The Balaban J connectivity index is 2.11. The lowest BCUT2D eigenvalue weighted by Crippen LogP contribution is -2.35. The van der Waals surface area contributed by atoms with Crippen LogP contribution in [0.15, 0.2) is 18.2 Å². The van der Waals surface area contributed by atoms with Crippen LogP contribution in [-0.2, 0) is 0 Å². The van der Waals surface area contributed by atoms with Gasteiger partial charge in [-0.2, -0.15) is 0 Å². The van der Waals surface area contributed by atoms with E-state index in [0.29, 0.717) is 0 Å². The zero-order chi connectivity index (χ0) is 13.2. The Bertz CT molecular complexity index is 395. The Morgan fingerprint density at radius 1 is 1.33 bits per heavy atom. The number of anilines is 2. The van der Waals surface area contributed by atoms with Gasteiger partial charge in [0.2, 0.25) is 0 Å². The number of hydrogen-bond donors (Lipinski definition) is 1. The van der Waals surface area contributed by atoms with Gasteiger partial charge >= 0.3 is 0 Å². The van der Waals surface area contributed by atoms with Crippen molar-refractivity contribution in [3.8, 4) is 0 Å². The fourth-order valence-corrected chi connectivity index (χ4v) is 2.45. The first-order chi connectivity index (χ1) is 8.44. The molecular weight excluding hydrogens is 222 g/mol. The van der Waals surface area contributed by atoms with E-state index in [1.54, 1.807) is 0 Å². The lowest BCUT2D eigenvalue weighted by atomic mass is 10.0. The van der Waals surface area contributed by atoms with Gasteiger partial charge in [-0.15, -0.1) is 0 Å². The van der Waals surface area contributed by atoms with Crippen molar-refractivity contribution in [2.75, 3.05) is 23.3 Å². The second kappa shape index (κ2) is 5.17. The normalized spacial score (nSPS) is 20.9. The van der Waals surface area contributed by atoms with E-state index in [-0.39, 0.29) is 5.54 Å². The molecule has 1 aliphatic heterocycles. The molecule has 0 bridgehead atoms. The number of nitrogens with zero attached hydrogens (tertiary/aromatic N) is 2. The molecule has 0 aromatic carbocycles. The summed E-state index contributed by atoms with van der Waals surface area (Å²) < 4.78 is 0. The molecule has 3 nitrogen and oxygen atoms in total. The molecule has 1 aromatic heterocycles. The number of pyridine rings is 1. The number of nitrogens with one attached hydrogen (secondary N) is 1. The molecule has 1 saturated heterocycles. The molecule has 0 saturated carbocycles. The van der Waals surface area contributed by atoms with Crippen LogP contribution >= 0.6 is 0 Å². The quantitative estimate of drug-likeness (QED) is 0.866. The Kier molecular flexibility index (Phi) is 3.79. The summed E-state index contributed by atoms with van der Waals surface area (Å²) in [6, 6.07) is 6.25. The van der Waals surface area contributed by atoms with Crippen LogP contribution in [0.4, 0.5) is 11.6 Å². The predicted octanol–water partition coefficient (Wildman–Crippen LogP) is 3.53. The Morgan fingerprint density at radius 3 is 2.78 bits per heavy atom. The maximum Gasteiger partial charge on any atom is 0.130 e. The van der Waals surface area contributed by atoms with Gasteiger partial charge in [0.15, 0.2) is 0 Å². The number of rotatable bonds is 2. The van der Waals surface area contributed by atoms with E-state index in [4.69, 9.17) is 4.98 Å². The molecule has 1 N–H and O–H groups in total. The van der Waals surface area contributed by atoms with Crippen LogP contribution in [0.1, 0.15) is 40.5 Å². The van der Waals surface area contributed by atoms with Crippen LogP contribution in [0, 0.1) is 5.92 Å². The standard InChI is InChI=1S/C15H25N3/c1-12-7-6-10-18(11-12)14-9-5-8-13(16-14)17-15(2,3)4/h5,8-9,12H,6-7,10-11H2,1-4H3,(H,16,17). The number of aromatic nitrogens is 1. The van der Waals surface area contributed by atoms with Crippen molar-refractivity contribution >= 4 is 11.6 Å². The van der Waals surface area contributed by atoms with Gasteiger partial charge in [-0.25, -0.2) is 4.98 Å². The van der Waals surface area contributed by atoms with E-state index < -0.39 is 0 Å². The van der Waals surface area contributed by atoms with E-state index >= 15 is 0 Å². The molecule has 1 unspecified atom stereocenters. The summed E-state index contributed by atoms with van der Waals surface area (Å²) in [6.07, 6.45) is 2.62. The lowest BCUT2D eigenvalue weighted by Gasteiger charge is -2.32. The molecule has 1 aromatic rings. The molecule has 0 radical (unpaired) electrons. The molecule has 1 aliphatic rings. The van der Waals surface area contributed by atoms with E-state index in [1.165, 1.54) is 12.8 Å². The second-order valence-electron chi connectivity index (χ2n) is 6.45. The minimum Gasteiger partial charge on any atom is -0.365 e. The predicted molar refractivity (Wildman–Crippen MR) is 78.2 cm³/mol. The van der Waals surface area contributed by atoms with Gasteiger partial charge in [-0.1, -0.05) is 13.0 Å². The third-order valence-corrected chi connectivity index (χ3v) is 3.22. The molecular formula is C15H25N3. The van der Waals surface area contributed by atoms with Crippen molar-refractivity contribution in [3.63, 3.8) is 0 Å². The van der Waals surface area contributed by atoms with Crippen molar-refractivity contribution in [1.82, 2.24) is 4.98 Å². The summed E-state index contributed by atoms with van der Waals surface area (Å²) in [5.74, 6) is 2.86. The molecule has 3 heteroatoms. The summed E-state index contributed by atoms with van der Waals surface area (Å²) in [5.41, 5.74) is 0.0564. The third-order valence-electron chi connectivity index (χ3n) is 3.22. The van der Waals surface area contributed by atoms with Crippen LogP contribution in [0.3, 0.4) is 0 Å². The average Bonchev–Trinajstić information content (AvgIpc) is 2.27. The van der Waals surface area contributed by atoms with Gasteiger partial charge in [0.1, 0.15) is 11.6 Å². The molecule has 2 rings (SSSR count). The fourth-order valence-electron chi connectivity index (χ4n) is 2.45. The van der Waals surface area contributed by atoms with Crippen LogP contribution in [0.5, 0.6) is 0 Å². The van der Waals surface area contributed by atoms with Crippen LogP contribution in [0.2, 0.25) is 0 Å². The van der Waals surface area contributed by atoms with E-state index in [1.807, 2.05) is 6.07 Å². The fraction of sp³-hybridized carbons (Fsp3) is 0.667. The van der Waals surface area contributed by atoms with Crippen molar-refractivity contribution < 1.29 is 0 Å². The molecule has 2 heterocycles. The van der Waals surface area contributed by atoms with Crippen molar-refractivity contribution in [3.05, 3.63) is 18.2 Å². The molecule has 100 valence electrons. The zero-order valence-corrected chi connectivity index (χ0v) is 12.0. The van der Waals surface area contributed by atoms with Crippen molar-refractivity contribution in [2.45, 2.75) is 46.1 Å².